The Morgan fingerprint density at radius 1 is 1.29 bits per heavy atom. The molecule has 7 heteroatoms. The predicted molar refractivity (Wildman–Crippen MR) is 81.4 cm³/mol. The summed E-state index contributed by atoms with van der Waals surface area (Å²) < 4.78 is 38.4. The molecule has 1 aromatic carbocycles. The summed E-state index contributed by atoms with van der Waals surface area (Å²) >= 11 is 0. The summed E-state index contributed by atoms with van der Waals surface area (Å²) in [4.78, 5) is 24.9. The monoisotopic (exact) mass is 343 g/mol. The van der Waals surface area contributed by atoms with E-state index in [1.54, 1.807) is 6.07 Å². The molecule has 0 aromatic heterocycles. The molecule has 1 fully saturated rings. The van der Waals surface area contributed by atoms with E-state index in [-0.39, 0.29) is 18.2 Å². The van der Waals surface area contributed by atoms with E-state index in [0.29, 0.717) is 25.1 Å². The van der Waals surface area contributed by atoms with Crippen molar-refractivity contribution in [3.63, 3.8) is 0 Å². The van der Waals surface area contributed by atoms with E-state index < -0.39 is 23.1 Å². The predicted octanol–water partition coefficient (Wildman–Crippen LogP) is 3.52. The molecule has 0 radical (unpaired) electrons. The molecule has 1 unspecified atom stereocenters. The van der Waals surface area contributed by atoms with Crippen LogP contribution < -0.4 is 0 Å². The number of likely N-dealkylation sites (tertiary alicyclic amines) is 1. The number of carbonyl (C=O) groups excluding carboxylic acids is 1. The molecule has 1 N–H and O–H groups in total. The number of halogens is 3. The van der Waals surface area contributed by atoms with Gasteiger partial charge in [-0.05, 0) is 31.9 Å². The Morgan fingerprint density at radius 2 is 1.96 bits per heavy atom. The Kier molecular flexibility index (Phi) is 4.92. The van der Waals surface area contributed by atoms with Crippen molar-refractivity contribution in [3.8, 4) is 0 Å². The zero-order valence-electron chi connectivity index (χ0n) is 13.6. The van der Waals surface area contributed by atoms with Gasteiger partial charge in [-0.1, -0.05) is 18.2 Å². The molecule has 24 heavy (non-hydrogen) atoms. The number of carboxylic acids is 1. The quantitative estimate of drug-likeness (QED) is 0.910. The van der Waals surface area contributed by atoms with E-state index in [2.05, 4.69) is 0 Å². The van der Waals surface area contributed by atoms with Crippen LogP contribution in [0.4, 0.5) is 13.2 Å². The van der Waals surface area contributed by atoms with Gasteiger partial charge in [0.2, 0.25) is 5.91 Å². The van der Waals surface area contributed by atoms with E-state index in [1.807, 2.05) is 0 Å². The number of hydrogen-bond donors (Lipinski definition) is 1. The normalized spacial score (nSPS) is 18.7. The van der Waals surface area contributed by atoms with Crippen molar-refractivity contribution in [3.05, 3.63) is 35.4 Å². The molecular formula is C17H20F3NO3. The van der Waals surface area contributed by atoms with Crippen LogP contribution in [0, 0.1) is 5.41 Å². The maximum atomic E-state index is 12.8. The second-order valence-corrected chi connectivity index (χ2v) is 6.81. The van der Waals surface area contributed by atoms with Crippen molar-refractivity contribution in [1.29, 1.82) is 0 Å². The molecule has 1 heterocycles. The number of rotatable bonds is 4. The Balaban J connectivity index is 2.06. The number of carboxylic acid groups (broad SMARTS) is 1. The summed E-state index contributed by atoms with van der Waals surface area (Å²) in [5.41, 5.74) is -1.31. The van der Waals surface area contributed by atoms with Gasteiger partial charge in [-0.15, -0.1) is 0 Å². The van der Waals surface area contributed by atoms with Crippen LogP contribution in [-0.4, -0.2) is 35.0 Å². The van der Waals surface area contributed by atoms with Gasteiger partial charge in [0.25, 0.3) is 0 Å². The standard InChI is InChI=1S/C17H20F3NO3/c1-16(2,15(23)24)9-14(22)21-7-6-12(10-21)11-4-3-5-13(8-11)17(18,19)20/h3-5,8,12H,6-7,9-10H2,1-2H3,(H,23,24). The molecule has 0 spiro atoms. The maximum Gasteiger partial charge on any atom is 0.416 e. The van der Waals surface area contributed by atoms with Gasteiger partial charge < -0.3 is 10.0 Å². The van der Waals surface area contributed by atoms with Crippen LogP contribution in [0.15, 0.2) is 24.3 Å². The molecule has 2 rings (SSSR count). The van der Waals surface area contributed by atoms with Crippen LogP contribution in [-0.2, 0) is 15.8 Å². The number of carbonyl (C=O) groups is 2. The van der Waals surface area contributed by atoms with E-state index in [4.69, 9.17) is 5.11 Å². The van der Waals surface area contributed by atoms with Gasteiger partial charge in [0.05, 0.1) is 11.0 Å². The zero-order chi connectivity index (χ0) is 18.1. The van der Waals surface area contributed by atoms with Crippen molar-refractivity contribution in [2.24, 2.45) is 5.41 Å². The average Bonchev–Trinajstić information content (AvgIpc) is 2.96. The topological polar surface area (TPSA) is 57.6 Å². The van der Waals surface area contributed by atoms with Gasteiger partial charge in [0.1, 0.15) is 0 Å². The van der Waals surface area contributed by atoms with Gasteiger partial charge >= 0.3 is 12.1 Å². The Labute approximate surface area is 138 Å². The molecule has 1 aromatic rings. The minimum absolute atomic E-state index is 0.127. The van der Waals surface area contributed by atoms with Gasteiger partial charge in [0.15, 0.2) is 0 Å². The molecule has 0 aliphatic carbocycles. The van der Waals surface area contributed by atoms with Crippen LogP contribution in [0.3, 0.4) is 0 Å². The summed E-state index contributed by atoms with van der Waals surface area (Å²) in [5.74, 6) is -1.49. The lowest BCUT2D eigenvalue weighted by Gasteiger charge is -2.23. The largest absolute Gasteiger partial charge is 0.481 e. The third-order valence-electron chi connectivity index (χ3n) is 4.40. The van der Waals surface area contributed by atoms with Crippen molar-refractivity contribution < 1.29 is 27.9 Å². The highest BCUT2D eigenvalue weighted by molar-refractivity contribution is 5.84. The number of amides is 1. The first-order valence-corrected chi connectivity index (χ1v) is 7.69. The summed E-state index contributed by atoms with van der Waals surface area (Å²) in [7, 11) is 0. The minimum Gasteiger partial charge on any atom is -0.481 e. The van der Waals surface area contributed by atoms with E-state index in [9.17, 15) is 22.8 Å². The molecule has 1 atom stereocenters. The Hall–Kier alpha value is -2.05. The number of alkyl halides is 3. The third-order valence-corrected chi connectivity index (χ3v) is 4.40. The Bertz CT molecular complexity index is 640. The molecule has 4 nitrogen and oxygen atoms in total. The third kappa shape index (κ3) is 4.07. The molecule has 1 saturated heterocycles. The summed E-state index contributed by atoms with van der Waals surface area (Å²) in [6.07, 6.45) is -3.95. The van der Waals surface area contributed by atoms with Crippen molar-refractivity contribution in [1.82, 2.24) is 4.90 Å². The summed E-state index contributed by atoms with van der Waals surface area (Å²) in [5, 5.41) is 9.09. The second-order valence-electron chi connectivity index (χ2n) is 6.81. The van der Waals surface area contributed by atoms with Crippen molar-refractivity contribution in [2.45, 2.75) is 38.8 Å². The first-order chi connectivity index (χ1) is 11.0. The van der Waals surface area contributed by atoms with Crippen LogP contribution in [0.1, 0.15) is 43.7 Å². The van der Waals surface area contributed by atoms with E-state index >= 15 is 0 Å². The lowest BCUT2D eigenvalue weighted by Crippen LogP contribution is -2.35. The number of nitrogens with zero attached hydrogens (tertiary/aromatic N) is 1. The molecule has 1 aliphatic heterocycles. The first-order valence-electron chi connectivity index (χ1n) is 7.69. The number of hydrogen-bond acceptors (Lipinski definition) is 2. The lowest BCUT2D eigenvalue weighted by atomic mass is 9.89. The molecule has 132 valence electrons. The highest BCUT2D eigenvalue weighted by atomic mass is 19.4. The highest BCUT2D eigenvalue weighted by Crippen LogP contribution is 2.34. The second kappa shape index (κ2) is 6.45. The zero-order valence-corrected chi connectivity index (χ0v) is 13.6. The molecule has 0 saturated carbocycles. The van der Waals surface area contributed by atoms with E-state index in [1.165, 1.54) is 24.8 Å². The molecule has 1 aliphatic rings. The smallest absolute Gasteiger partial charge is 0.416 e. The number of benzene rings is 1. The highest BCUT2D eigenvalue weighted by Gasteiger charge is 2.36. The van der Waals surface area contributed by atoms with Gasteiger partial charge in [-0.3, -0.25) is 9.59 Å². The fourth-order valence-electron chi connectivity index (χ4n) is 2.79. The van der Waals surface area contributed by atoms with Crippen LogP contribution in [0.2, 0.25) is 0 Å². The van der Waals surface area contributed by atoms with E-state index in [0.717, 1.165) is 12.1 Å². The van der Waals surface area contributed by atoms with Gasteiger partial charge in [-0.2, -0.15) is 13.2 Å². The van der Waals surface area contributed by atoms with Crippen molar-refractivity contribution >= 4 is 11.9 Å². The maximum absolute atomic E-state index is 12.8. The fourth-order valence-corrected chi connectivity index (χ4v) is 2.79. The van der Waals surface area contributed by atoms with Crippen LogP contribution in [0.25, 0.3) is 0 Å². The molecule has 1 amide bonds. The summed E-state index contributed by atoms with van der Waals surface area (Å²) in [6, 6.07) is 5.15. The lowest BCUT2D eigenvalue weighted by molar-refractivity contribution is -0.151. The molecule has 0 bridgehead atoms. The SMILES string of the molecule is CC(C)(CC(=O)N1CCC(c2cccc(C(F)(F)F)c2)C1)C(=O)O. The summed E-state index contributed by atoms with van der Waals surface area (Å²) in [6.45, 7) is 3.70. The van der Waals surface area contributed by atoms with Gasteiger partial charge in [-0.25, -0.2) is 0 Å². The first kappa shape index (κ1) is 18.3. The van der Waals surface area contributed by atoms with Crippen LogP contribution in [0.5, 0.6) is 0 Å². The van der Waals surface area contributed by atoms with Crippen LogP contribution >= 0.6 is 0 Å². The minimum atomic E-state index is -4.39. The molecular weight excluding hydrogens is 323 g/mol. The van der Waals surface area contributed by atoms with Crippen molar-refractivity contribution in [2.75, 3.05) is 13.1 Å². The average molecular weight is 343 g/mol. The number of aliphatic carboxylic acids is 1. The fraction of sp³-hybridized carbons (Fsp3) is 0.529. The van der Waals surface area contributed by atoms with Gasteiger partial charge in [0, 0.05) is 25.4 Å². The Morgan fingerprint density at radius 3 is 2.54 bits per heavy atom.